The SMILES string of the molecule is CCC(O)c1ccc(N(C)CC(=O)N2CCCC2)cn1. The monoisotopic (exact) mass is 277 g/mol. The van der Waals surface area contributed by atoms with E-state index >= 15 is 0 Å². The number of anilines is 1. The highest BCUT2D eigenvalue weighted by Gasteiger charge is 2.19. The standard InChI is InChI=1S/C15H23N3O2/c1-3-14(19)13-7-6-12(10-16-13)17(2)11-15(20)18-8-4-5-9-18/h6-7,10,14,19H,3-5,8-9,11H2,1-2H3. The Labute approximate surface area is 120 Å². The molecule has 1 fully saturated rings. The number of aliphatic hydroxyl groups excluding tert-OH is 1. The van der Waals surface area contributed by atoms with Gasteiger partial charge in [0.25, 0.3) is 0 Å². The fourth-order valence-electron chi connectivity index (χ4n) is 2.39. The third kappa shape index (κ3) is 3.48. The lowest BCUT2D eigenvalue weighted by Crippen LogP contribution is -2.37. The lowest BCUT2D eigenvalue weighted by atomic mass is 10.2. The number of rotatable bonds is 5. The molecule has 2 rings (SSSR count). The van der Waals surface area contributed by atoms with Gasteiger partial charge in [-0.2, -0.15) is 0 Å². The van der Waals surface area contributed by atoms with Crippen LogP contribution in [0.15, 0.2) is 18.3 Å². The summed E-state index contributed by atoms with van der Waals surface area (Å²) in [6.45, 7) is 4.05. The van der Waals surface area contributed by atoms with Crippen molar-refractivity contribution in [2.45, 2.75) is 32.3 Å². The summed E-state index contributed by atoms with van der Waals surface area (Å²) in [6, 6.07) is 3.72. The van der Waals surface area contributed by atoms with Gasteiger partial charge in [-0.1, -0.05) is 6.92 Å². The fraction of sp³-hybridized carbons (Fsp3) is 0.600. The number of aliphatic hydroxyl groups is 1. The molecule has 1 aromatic heterocycles. The Bertz CT molecular complexity index is 441. The van der Waals surface area contributed by atoms with Gasteiger partial charge in [0.05, 0.1) is 30.2 Å². The second kappa shape index (κ2) is 6.70. The number of likely N-dealkylation sites (N-methyl/N-ethyl adjacent to an activating group) is 1. The summed E-state index contributed by atoms with van der Waals surface area (Å²) < 4.78 is 0. The maximum Gasteiger partial charge on any atom is 0.242 e. The van der Waals surface area contributed by atoms with Crippen molar-refractivity contribution in [3.8, 4) is 0 Å². The summed E-state index contributed by atoms with van der Waals surface area (Å²) >= 11 is 0. The first kappa shape index (κ1) is 14.8. The van der Waals surface area contributed by atoms with Gasteiger partial charge in [-0.15, -0.1) is 0 Å². The first-order valence-electron chi connectivity index (χ1n) is 7.24. The molecular weight excluding hydrogens is 254 g/mol. The highest BCUT2D eigenvalue weighted by molar-refractivity contribution is 5.81. The van der Waals surface area contributed by atoms with Crippen LogP contribution in [0.4, 0.5) is 5.69 Å². The van der Waals surface area contributed by atoms with E-state index in [1.165, 1.54) is 0 Å². The van der Waals surface area contributed by atoms with Crippen LogP contribution >= 0.6 is 0 Å². The van der Waals surface area contributed by atoms with Gasteiger partial charge in [0.15, 0.2) is 0 Å². The quantitative estimate of drug-likeness (QED) is 0.888. The van der Waals surface area contributed by atoms with Crippen LogP contribution in [0.1, 0.15) is 38.0 Å². The summed E-state index contributed by atoms with van der Waals surface area (Å²) in [7, 11) is 1.89. The summed E-state index contributed by atoms with van der Waals surface area (Å²) in [6.07, 6.45) is 4.07. The molecule has 1 saturated heterocycles. The normalized spacial score (nSPS) is 16.2. The van der Waals surface area contributed by atoms with Crippen molar-refractivity contribution in [1.29, 1.82) is 0 Å². The molecule has 20 heavy (non-hydrogen) atoms. The largest absolute Gasteiger partial charge is 0.387 e. The lowest BCUT2D eigenvalue weighted by molar-refractivity contribution is -0.128. The minimum atomic E-state index is -0.513. The number of aromatic nitrogens is 1. The number of carbonyl (C=O) groups is 1. The van der Waals surface area contributed by atoms with Crippen LogP contribution in [0.3, 0.4) is 0 Å². The topological polar surface area (TPSA) is 56.7 Å². The van der Waals surface area contributed by atoms with Crippen LogP contribution in [-0.2, 0) is 4.79 Å². The zero-order chi connectivity index (χ0) is 14.5. The molecule has 0 bridgehead atoms. The van der Waals surface area contributed by atoms with Crippen LogP contribution in [0, 0.1) is 0 Å². The summed E-state index contributed by atoms with van der Waals surface area (Å²) in [5.74, 6) is 0.169. The first-order chi connectivity index (χ1) is 9.61. The third-order valence-electron chi connectivity index (χ3n) is 3.77. The van der Waals surface area contributed by atoms with Gasteiger partial charge in [0, 0.05) is 20.1 Å². The number of pyridine rings is 1. The Balaban J connectivity index is 1.94. The van der Waals surface area contributed by atoms with Gasteiger partial charge in [-0.25, -0.2) is 0 Å². The maximum atomic E-state index is 12.1. The molecule has 0 aliphatic carbocycles. The van der Waals surface area contributed by atoms with E-state index in [0.717, 1.165) is 31.6 Å². The van der Waals surface area contributed by atoms with E-state index in [1.807, 2.05) is 35.9 Å². The van der Waals surface area contributed by atoms with E-state index in [2.05, 4.69) is 4.98 Å². The van der Waals surface area contributed by atoms with Crippen LogP contribution in [0.2, 0.25) is 0 Å². The van der Waals surface area contributed by atoms with Crippen molar-refractivity contribution >= 4 is 11.6 Å². The molecule has 1 amide bonds. The number of likely N-dealkylation sites (tertiary alicyclic amines) is 1. The molecule has 1 unspecified atom stereocenters. The predicted octanol–water partition coefficient (Wildman–Crippen LogP) is 1.58. The minimum Gasteiger partial charge on any atom is -0.387 e. The van der Waals surface area contributed by atoms with Gasteiger partial charge in [0.1, 0.15) is 0 Å². The van der Waals surface area contributed by atoms with E-state index in [4.69, 9.17) is 0 Å². The molecule has 1 atom stereocenters. The Morgan fingerprint density at radius 2 is 2.15 bits per heavy atom. The lowest BCUT2D eigenvalue weighted by Gasteiger charge is -2.22. The molecule has 0 saturated carbocycles. The fourth-order valence-corrected chi connectivity index (χ4v) is 2.39. The Morgan fingerprint density at radius 1 is 1.45 bits per heavy atom. The van der Waals surface area contributed by atoms with E-state index in [-0.39, 0.29) is 5.91 Å². The van der Waals surface area contributed by atoms with Crippen molar-refractivity contribution in [3.05, 3.63) is 24.0 Å². The smallest absolute Gasteiger partial charge is 0.242 e. The summed E-state index contributed by atoms with van der Waals surface area (Å²) in [5.41, 5.74) is 1.57. The average molecular weight is 277 g/mol. The number of amides is 1. The molecule has 2 heterocycles. The third-order valence-corrected chi connectivity index (χ3v) is 3.77. The molecule has 5 heteroatoms. The van der Waals surface area contributed by atoms with Crippen LogP contribution in [0.5, 0.6) is 0 Å². The molecule has 110 valence electrons. The van der Waals surface area contributed by atoms with Crippen molar-refractivity contribution < 1.29 is 9.90 Å². The second-order valence-electron chi connectivity index (χ2n) is 5.31. The first-order valence-corrected chi connectivity index (χ1v) is 7.24. The summed E-state index contributed by atoms with van der Waals surface area (Å²) in [4.78, 5) is 20.1. The molecule has 1 aromatic rings. The predicted molar refractivity (Wildman–Crippen MR) is 78.6 cm³/mol. The highest BCUT2D eigenvalue weighted by Crippen LogP contribution is 2.18. The Kier molecular flexibility index (Phi) is 4.95. The van der Waals surface area contributed by atoms with Crippen molar-refractivity contribution in [2.24, 2.45) is 0 Å². The second-order valence-corrected chi connectivity index (χ2v) is 5.31. The van der Waals surface area contributed by atoms with E-state index in [0.29, 0.717) is 18.7 Å². The average Bonchev–Trinajstić information content (AvgIpc) is 3.01. The maximum absolute atomic E-state index is 12.1. The zero-order valence-electron chi connectivity index (χ0n) is 12.2. The van der Waals surface area contributed by atoms with Gasteiger partial charge in [0.2, 0.25) is 5.91 Å². The Morgan fingerprint density at radius 3 is 2.70 bits per heavy atom. The van der Waals surface area contributed by atoms with Crippen LogP contribution in [0.25, 0.3) is 0 Å². The van der Waals surface area contributed by atoms with Crippen molar-refractivity contribution in [1.82, 2.24) is 9.88 Å². The van der Waals surface area contributed by atoms with E-state index in [1.54, 1.807) is 6.20 Å². The number of carbonyl (C=O) groups excluding carboxylic acids is 1. The minimum absolute atomic E-state index is 0.169. The molecule has 5 nitrogen and oxygen atoms in total. The molecule has 1 aliphatic heterocycles. The molecule has 0 aromatic carbocycles. The van der Waals surface area contributed by atoms with Gasteiger partial charge in [-0.05, 0) is 31.4 Å². The number of nitrogens with zero attached hydrogens (tertiary/aromatic N) is 3. The summed E-state index contributed by atoms with van der Waals surface area (Å²) in [5, 5.41) is 9.71. The van der Waals surface area contributed by atoms with Crippen LogP contribution < -0.4 is 4.90 Å². The van der Waals surface area contributed by atoms with Gasteiger partial charge < -0.3 is 14.9 Å². The molecule has 0 radical (unpaired) electrons. The van der Waals surface area contributed by atoms with E-state index in [9.17, 15) is 9.90 Å². The van der Waals surface area contributed by atoms with Gasteiger partial charge in [-0.3, -0.25) is 9.78 Å². The van der Waals surface area contributed by atoms with Crippen molar-refractivity contribution in [3.63, 3.8) is 0 Å². The molecule has 1 aliphatic rings. The zero-order valence-corrected chi connectivity index (χ0v) is 12.2. The number of hydrogen-bond acceptors (Lipinski definition) is 4. The van der Waals surface area contributed by atoms with Crippen LogP contribution in [-0.4, -0.2) is 47.6 Å². The van der Waals surface area contributed by atoms with Gasteiger partial charge >= 0.3 is 0 Å². The Hall–Kier alpha value is -1.62. The van der Waals surface area contributed by atoms with E-state index < -0.39 is 6.10 Å². The molecular formula is C15H23N3O2. The van der Waals surface area contributed by atoms with Crippen molar-refractivity contribution in [2.75, 3.05) is 31.6 Å². The molecule has 1 N–H and O–H groups in total. The number of hydrogen-bond donors (Lipinski definition) is 1. The highest BCUT2D eigenvalue weighted by atomic mass is 16.3. The molecule has 0 spiro atoms.